The van der Waals surface area contributed by atoms with Gasteiger partial charge in [0.1, 0.15) is 0 Å². The number of fused-ring (bicyclic) bond motifs is 1. The maximum Gasteiger partial charge on any atom is 0.310 e. The van der Waals surface area contributed by atoms with Crippen LogP contribution in [0.4, 0.5) is 0 Å². The summed E-state index contributed by atoms with van der Waals surface area (Å²) in [6.45, 7) is 6.17. The Bertz CT molecular complexity index is 1000. The third kappa shape index (κ3) is 5.33. The van der Waals surface area contributed by atoms with Gasteiger partial charge in [-0.25, -0.2) is 0 Å². The number of ether oxygens (including phenoxy) is 2. The lowest BCUT2D eigenvalue weighted by Crippen LogP contribution is -2.40. The van der Waals surface area contributed by atoms with Crippen molar-refractivity contribution >= 4 is 16.7 Å². The fourth-order valence-corrected chi connectivity index (χ4v) is 4.47. The molecule has 0 radical (unpaired) electrons. The van der Waals surface area contributed by atoms with Crippen LogP contribution in [0.15, 0.2) is 66.7 Å². The summed E-state index contributed by atoms with van der Waals surface area (Å²) in [6, 6.07) is 23.4. The van der Waals surface area contributed by atoms with Gasteiger partial charge < -0.3 is 14.4 Å². The van der Waals surface area contributed by atoms with Crippen LogP contribution in [0, 0.1) is 5.92 Å². The summed E-state index contributed by atoms with van der Waals surface area (Å²) < 4.78 is 11.3. The number of piperidine rings is 1. The number of nitrogens with zero attached hydrogens (tertiary/aromatic N) is 1. The predicted octanol–water partition coefficient (Wildman–Crippen LogP) is 5.30. The van der Waals surface area contributed by atoms with Crippen molar-refractivity contribution in [3.05, 3.63) is 72.3 Å². The van der Waals surface area contributed by atoms with Crippen molar-refractivity contribution in [1.82, 2.24) is 4.90 Å². The zero-order valence-electron chi connectivity index (χ0n) is 18.3. The van der Waals surface area contributed by atoms with Crippen LogP contribution in [0.25, 0.3) is 21.9 Å². The molecule has 1 saturated heterocycles. The molecule has 0 aliphatic carbocycles. The SMILES string of the molecule is CCOC(=O)C1CCCN(CCOCc2ccc3ccccc3c2-c2ccccc2)C1. The van der Waals surface area contributed by atoms with Gasteiger partial charge in [0.2, 0.25) is 0 Å². The Morgan fingerprint density at radius 1 is 1.03 bits per heavy atom. The topological polar surface area (TPSA) is 38.8 Å². The lowest BCUT2D eigenvalue weighted by atomic mass is 9.93. The van der Waals surface area contributed by atoms with Crippen LogP contribution in [0.3, 0.4) is 0 Å². The number of hydrogen-bond acceptors (Lipinski definition) is 4. The van der Waals surface area contributed by atoms with Gasteiger partial charge in [-0.3, -0.25) is 4.79 Å². The highest BCUT2D eigenvalue weighted by molar-refractivity contribution is 5.98. The van der Waals surface area contributed by atoms with Crippen molar-refractivity contribution in [3.8, 4) is 11.1 Å². The van der Waals surface area contributed by atoms with Gasteiger partial charge in [0.05, 0.1) is 25.7 Å². The number of likely N-dealkylation sites (tertiary alicyclic amines) is 1. The van der Waals surface area contributed by atoms with E-state index in [1.165, 1.54) is 27.5 Å². The summed E-state index contributed by atoms with van der Waals surface area (Å²) in [5.41, 5.74) is 3.67. The van der Waals surface area contributed by atoms with Gasteiger partial charge in [0.15, 0.2) is 0 Å². The van der Waals surface area contributed by atoms with Gasteiger partial charge in [0.25, 0.3) is 0 Å². The van der Waals surface area contributed by atoms with Crippen LogP contribution in [-0.2, 0) is 20.9 Å². The molecule has 1 aliphatic heterocycles. The molecule has 3 aromatic rings. The number of esters is 1. The van der Waals surface area contributed by atoms with Crippen LogP contribution < -0.4 is 0 Å². The van der Waals surface area contributed by atoms with Gasteiger partial charge in [0, 0.05) is 13.1 Å². The normalized spacial score (nSPS) is 17.0. The minimum absolute atomic E-state index is 0.00105. The first-order valence-corrected chi connectivity index (χ1v) is 11.3. The lowest BCUT2D eigenvalue weighted by molar-refractivity contribution is -0.150. The van der Waals surface area contributed by atoms with Gasteiger partial charge in [-0.05, 0) is 53.8 Å². The lowest BCUT2D eigenvalue weighted by Gasteiger charge is -2.31. The third-order valence-electron chi connectivity index (χ3n) is 6.01. The van der Waals surface area contributed by atoms with E-state index in [2.05, 4.69) is 65.6 Å². The third-order valence-corrected chi connectivity index (χ3v) is 6.01. The van der Waals surface area contributed by atoms with Crippen molar-refractivity contribution < 1.29 is 14.3 Å². The summed E-state index contributed by atoms with van der Waals surface area (Å²) >= 11 is 0. The standard InChI is InChI=1S/C27H31NO3/c1-2-31-27(29)23-12-8-16-28(19-23)17-18-30-20-24-15-14-21-9-6-7-13-25(21)26(24)22-10-4-3-5-11-22/h3-7,9-11,13-15,23H,2,8,12,16-20H2,1H3. The van der Waals surface area contributed by atoms with E-state index in [-0.39, 0.29) is 11.9 Å². The second-order valence-corrected chi connectivity index (χ2v) is 8.13. The highest BCUT2D eigenvalue weighted by Gasteiger charge is 2.26. The quantitative estimate of drug-likeness (QED) is 0.368. The van der Waals surface area contributed by atoms with Crippen LogP contribution in [0.5, 0.6) is 0 Å². The van der Waals surface area contributed by atoms with E-state index >= 15 is 0 Å². The van der Waals surface area contributed by atoms with E-state index < -0.39 is 0 Å². The molecular formula is C27H31NO3. The molecule has 31 heavy (non-hydrogen) atoms. The van der Waals surface area contributed by atoms with Crippen molar-refractivity contribution in [1.29, 1.82) is 0 Å². The first kappa shape index (κ1) is 21.5. The second-order valence-electron chi connectivity index (χ2n) is 8.13. The Kier molecular flexibility index (Phi) is 7.34. The first-order valence-electron chi connectivity index (χ1n) is 11.3. The summed E-state index contributed by atoms with van der Waals surface area (Å²) in [4.78, 5) is 14.4. The molecule has 1 fully saturated rings. The zero-order valence-corrected chi connectivity index (χ0v) is 18.3. The van der Waals surface area contributed by atoms with Crippen LogP contribution in [0.2, 0.25) is 0 Å². The molecular weight excluding hydrogens is 386 g/mol. The van der Waals surface area contributed by atoms with Crippen LogP contribution in [-0.4, -0.2) is 43.7 Å². The Morgan fingerprint density at radius 2 is 1.84 bits per heavy atom. The van der Waals surface area contributed by atoms with Gasteiger partial charge in [-0.2, -0.15) is 0 Å². The molecule has 0 amide bonds. The fraction of sp³-hybridized carbons (Fsp3) is 0.370. The van der Waals surface area contributed by atoms with Crippen molar-refractivity contribution in [2.24, 2.45) is 5.92 Å². The zero-order chi connectivity index (χ0) is 21.5. The van der Waals surface area contributed by atoms with E-state index in [0.717, 1.165) is 32.5 Å². The average molecular weight is 418 g/mol. The second kappa shape index (κ2) is 10.6. The largest absolute Gasteiger partial charge is 0.466 e. The molecule has 0 spiro atoms. The Hall–Kier alpha value is -2.69. The molecule has 1 heterocycles. The Morgan fingerprint density at radius 3 is 2.68 bits per heavy atom. The van der Waals surface area contributed by atoms with Gasteiger partial charge >= 0.3 is 5.97 Å². The van der Waals surface area contributed by atoms with E-state index in [4.69, 9.17) is 9.47 Å². The van der Waals surface area contributed by atoms with Crippen molar-refractivity contribution in [2.45, 2.75) is 26.4 Å². The Balaban J connectivity index is 1.40. The number of carbonyl (C=O) groups is 1. The summed E-state index contributed by atoms with van der Waals surface area (Å²) in [5.74, 6) is -0.0596. The molecule has 1 aliphatic rings. The molecule has 162 valence electrons. The Labute approximate surface area is 184 Å². The number of benzene rings is 3. The molecule has 4 heteroatoms. The molecule has 4 nitrogen and oxygen atoms in total. The number of carbonyl (C=O) groups excluding carboxylic acids is 1. The molecule has 0 bridgehead atoms. The number of hydrogen-bond donors (Lipinski definition) is 0. The van der Waals surface area contributed by atoms with Crippen molar-refractivity contribution in [3.63, 3.8) is 0 Å². The molecule has 0 aromatic heterocycles. The molecule has 1 atom stereocenters. The van der Waals surface area contributed by atoms with Crippen molar-refractivity contribution in [2.75, 3.05) is 32.8 Å². The highest BCUT2D eigenvalue weighted by atomic mass is 16.5. The van der Waals surface area contributed by atoms with E-state index in [1.807, 2.05) is 13.0 Å². The molecule has 1 unspecified atom stereocenters. The predicted molar refractivity (Wildman–Crippen MR) is 125 cm³/mol. The molecule has 4 rings (SSSR count). The molecule has 0 saturated carbocycles. The maximum absolute atomic E-state index is 12.1. The minimum Gasteiger partial charge on any atom is -0.466 e. The van der Waals surface area contributed by atoms with E-state index in [1.54, 1.807) is 0 Å². The summed E-state index contributed by atoms with van der Waals surface area (Å²) in [5, 5.41) is 2.49. The monoisotopic (exact) mass is 417 g/mol. The maximum atomic E-state index is 12.1. The summed E-state index contributed by atoms with van der Waals surface area (Å²) in [6.07, 6.45) is 1.96. The van der Waals surface area contributed by atoms with Crippen LogP contribution >= 0.6 is 0 Å². The van der Waals surface area contributed by atoms with Gasteiger partial charge in [-0.15, -0.1) is 0 Å². The smallest absolute Gasteiger partial charge is 0.310 e. The average Bonchev–Trinajstić information content (AvgIpc) is 2.82. The highest BCUT2D eigenvalue weighted by Crippen LogP contribution is 2.32. The molecule has 0 N–H and O–H groups in total. The minimum atomic E-state index is -0.0585. The summed E-state index contributed by atoms with van der Waals surface area (Å²) in [7, 11) is 0. The van der Waals surface area contributed by atoms with E-state index in [9.17, 15) is 4.79 Å². The van der Waals surface area contributed by atoms with Gasteiger partial charge in [-0.1, -0.05) is 66.7 Å². The fourth-order valence-electron chi connectivity index (χ4n) is 4.47. The number of rotatable bonds is 8. The first-order chi connectivity index (χ1) is 15.3. The van der Waals surface area contributed by atoms with E-state index in [0.29, 0.717) is 19.8 Å². The van der Waals surface area contributed by atoms with Crippen LogP contribution in [0.1, 0.15) is 25.3 Å². The molecule has 3 aromatic carbocycles.